The van der Waals surface area contributed by atoms with Crippen LogP contribution in [0.5, 0.6) is 0 Å². The first-order chi connectivity index (χ1) is 7.18. The summed E-state index contributed by atoms with van der Waals surface area (Å²) in [6, 6.07) is 8.66. The smallest absolute Gasteiger partial charge is 0.295 e. The molecule has 1 aromatic heterocycles. The Morgan fingerprint density at radius 1 is 1.20 bits per heavy atom. The Morgan fingerprint density at radius 3 is 2.47 bits per heavy atom. The monoisotopic (exact) mass is 203 g/mol. The zero-order valence-electron chi connectivity index (χ0n) is 8.10. The zero-order valence-corrected chi connectivity index (χ0v) is 8.10. The number of aryl methyl sites for hydroxylation is 1. The van der Waals surface area contributed by atoms with E-state index in [0.717, 1.165) is 4.57 Å². The van der Waals surface area contributed by atoms with Crippen molar-refractivity contribution in [3.05, 3.63) is 57.1 Å². The molecule has 0 atom stereocenters. The van der Waals surface area contributed by atoms with Crippen LogP contribution < -0.4 is 11.4 Å². The average molecular weight is 203 g/mol. The summed E-state index contributed by atoms with van der Waals surface area (Å²) in [5.74, 6) is 0.317. The molecule has 0 saturated heterocycles. The maximum absolute atomic E-state index is 11.5. The molecule has 1 N–H and O–H groups in total. The van der Waals surface area contributed by atoms with Gasteiger partial charge in [-0.3, -0.25) is 4.98 Å². The number of aromatic nitrogens is 3. The van der Waals surface area contributed by atoms with Crippen LogP contribution in [0, 0.1) is 6.92 Å². The molecule has 0 aliphatic carbocycles. The Labute approximate surface area is 85.0 Å². The molecule has 0 spiro atoms. The van der Waals surface area contributed by atoms with Gasteiger partial charge in [0, 0.05) is 0 Å². The van der Waals surface area contributed by atoms with Crippen molar-refractivity contribution >= 4 is 0 Å². The van der Waals surface area contributed by atoms with Gasteiger partial charge in [-0.2, -0.15) is 4.98 Å². The summed E-state index contributed by atoms with van der Waals surface area (Å²) in [6.07, 6.45) is 0. The molecular weight excluding hydrogens is 194 g/mol. The molecule has 1 aromatic carbocycles. The van der Waals surface area contributed by atoms with E-state index in [4.69, 9.17) is 0 Å². The Balaban J connectivity index is 2.75. The fraction of sp³-hybridized carbons (Fsp3) is 0.100. The molecule has 5 heteroatoms. The molecule has 2 rings (SSSR count). The molecule has 0 aliphatic heterocycles. The topological polar surface area (TPSA) is 67.8 Å². The summed E-state index contributed by atoms with van der Waals surface area (Å²) in [5, 5.41) is 0. The summed E-state index contributed by atoms with van der Waals surface area (Å²) < 4.78 is 0.993. The number of H-pyrrole nitrogens is 1. The Hall–Kier alpha value is -2.17. The average Bonchev–Trinajstić information content (AvgIpc) is 2.17. The summed E-state index contributed by atoms with van der Waals surface area (Å²) in [4.78, 5) is 29.2. The van der Waals surface area contributed by atoms with Gasteiger partial charge in [-0.1, -0.05) is 18.2 Å². The predicted octanol–water partition coefficient (Wildman–Crippen LogP) is 0.229. The molecule has 0 amide bonds. The summed E-state index contributed by atoms with van der Waals surface area (Å²) in [5.41, 5.74) is -0.530. The van der Waals surface area contributed by atoms with E-state index in [0.29, 0.717) is 11.5 Å². The van der Waals surface area contributed by atoms with Crippen LogP contribution in [-0.4, -0.2) is 14.5 Å². The van der Waals surface area contributed by atoms with Crippen molar-refractivity contribution in [1.29, 1.82) is 0 Å². The first-order valence-corrected chi connectivity index (χ1v) is 4.44. The van der Waals surface area contributed by atoms with Crippen LogP contribution >= 0.6 is 0 Å². The fourth-order valence-electron chi connectivity index (χ4n) is 1.32. The highest BCUT2D eigenvalue weighted by Gasteiger charge is 2.04. The van der Waals surface area contributed by atoms with Crippen molar-refractivity contribution in [3.8, 4) is 5.69 Å². The minimum atomic E-state index is -0.567. The standard InChI is InChI=1S/C10H9N3O2/c1-7-11-9(14)13(10(15)12-7)8-5-3-2-4-6-8/h2-6H,1H3,(H,11,12,14,15). The van der Waals surface area contributed by atoms with Gasteiger partial charge < -0.3 is 0 Å². The molecule has 0 radical (unpaired) electrons. The van der Waals surface area contributed by atoms with E-state index in [1.807, 2.05) is 6.07 Å². The van der Waals surface area contributed by atoms with E-state index in [-0.39, 0.29) is 0 Å². The molecular formula is C10H9N3O2. The molecule has 0 saturated carbocycles. The lowest BCUT2D eigenvalue weighted by molar-refractivity contribution is 0.784. The Bertz CT molecular complexity index is 552. The van der Waals surface area contributed by atoms with E-state index >= 15 is 0 Å². The maximum Gasteiger partial charge on any atom is 0.358 e. The van der Waals surface area contributed by atoms with E-state index < -0.39 is 11.4 Å². The minimum Gasteiger partial charge on any atom is -0.295 e. The Kier molecular flexibility index (Phi) is 2.21. The lowest BCUT2D eigenvalue weighted by Gasteiger charge is -2.02. The molecule has 2 aromatic rings. The van der Waals surface area contributed by atoms with Crippen molar-refractivity contribution in [2.24, 2.45) is 0 Å². The third kappa shape index (κ3) is 1.71. The van der Waals surface area contributed by atoms with Crippen LogP contribution in [0.3, 0.4) is 0 Å². The number of para-hydroxylation sites is 1. The zero-order chi connectivity index (χ0) is 10.8. The second-order valence-corrected chi connectivity index (χ2v) is 3.08. The Morgan fingerprint density at radius 2 is 1.87 bits per heavy atom. The van der Waals surface area contributed by atoms with Crippen molar-refractivity contribution in [1.82, 2.24) is 14.5 Å². The van der Waals surface area contributed by atoms with Gasteiger partial charge in [-0.05, 0) is 19.1 Å². The molecule has 0 bridgehead atoms. The van der Waals surface area contributed by atoms with Gasteiger partial charge in [0.1, 0.15) is 5.82 Å². The second-order valence-electron chi connectivity index (χ2n) is 3.08. The second kappa shape index (κ2) is 3.53. The van der Waals surface area contributed by atoms with Gasteiger partial charge >= 0.3 is 11.4 Å². The number of hydrogen-bond donors (Lipinski definition) is 1. The van der Waals surface area contributed by atoms with Crippen LogP contribution in [0.2, 0.25) is 0 Å². The SMILES string of the molecule is Cc1nc(=O)n(-c2ccccc2)c(=O)[nH]1. The largest absolute Gasteiger partial charge is 0.358 e. The van der Waals surface area contributed by atoms with Gasteiger partial charge in [0.2, 0.25) is 0 Å². The maximum atomic E-state index is 11.5. The van der Waals surface area contributed by atoms with Gasteiger partial charge in [0.05, 0.1) is 5.69 Å². The summed E-state index contributed by atoms with van der Waals surface area (Å²) in [7, 11) is 0. The predicted molar refractivity (Wildman–Crippen MR) is 55.2 cm³/mol. The molecule has 5 nitrogen and oxygen atoms in total. The number of rotatable bonds is 1. The summed E-state index contributed by atoms with van der Waals surface area (Å²) in [6.45, 7) is 1.57. The first kappa shape index (κ1) is 9.39. The molecule has 0 unspecified atom stereocenters. The van der Waals surface area contributed by atoms with E-state index in [1.165, 1.54) is 0 Å². The highest BCUT2D eigenvalue weighted by molar-refractivity contribution is 5.30. The number of aromatic amines is 1. The number of hydrogen-bond acceptors (Lipinski definition) is 3. The normalized spacial score (nSPS) is 10.2. The van der Waals surface area contributed by atoms with Gasteiger partial charge in [-0.25, -0.2) is 14.2 Å². The minimum absolute atomic E-state index is 0.317. The number of nitrogens with one attached hydrogen (secondary N) is 1. The van der Waals surface area contributed by atoms with Crippen molar-refractivity contribution < 1.29 is 0 Å². The quantitative estimate of drug-likeness (QED) is 0.721. The number of nitrogens with zero attached hydrogens (tertiary/aromatic N) is 2. The number of benzene rings is 1. The lowest BCUT2D eigenvalue weighted by Crippen LogP contribution is -2.36. The highest BCUT2D eigenvalue weighted by Crippen LogP contribution is 1.99. The highest BCUT2D eigenvalue weighted by atomic mass is 16.2. The van der Waals surface area contributed by atoms with Crippen LogP contribution in [0.4, 0.5) is 0 Å². The third-order valence-electron chi connectivity index (χ3n) is 1.96. The molecule has 15 heavy (non-hydrogen) atoms. The molecule has 76 valence electrons. The fourth-order valence-corrected chi connectivity index (χ4v) is 1.32. The van der Waals surface area contributed by atoms with Gasteiger partial charge in [-0.15, -0.1) is 0 Å². The molecule has 0 aliphatic rings. The van der Waals surface area contributed by atoms with Crippen molar-refractivity contribution in [2.75, 3.05) is 0 Å². The van der Waals surface area contributed by atoms with Crippen LogP contribution in [0.25, 0.3) is 5.69 Å². The van der Waals surface area contributed by atoms with E-state index in [1.54, 1.807) is 31.2 Å². The first-order valence-electron chi connectivity index (χ1n) is 4.44. The van der Waals surface area contributed by atoms with Gasteiger partial charge in [0.25, 0.3) is 0 Å². The lowest BCUT2D eigenvalue weighted by atomic mass is 10.3. The van der Waals surface area contributed by atoms with E-state index in [2.05, 4.69) is 9.97 Å². The van der Waals surface area contributed by atoms with Crippen LogP contribution in [0.1, 0.15) is 5.82 Å². The molecule has 1 heterocycles. The van der Waals surface area contributed by atoms with Crippen molar-refractivity contribution in [3.63, 3.8) is 0 Å². The van der Waals surface area contributed by atoms with Gasteiger partial charge in [0.15, 0.2) is 0 Å². The summed E-state index contributed by atoms with van der Waals surface area (Å²) >= 11 is 0. The van der Waals surface area contributed by atoms with Crippen LogP contribution in [-0.2, 0) is 0 Å². The van der Waals surface area contributed by atoms with E-state index in [9.17, 15) is 9.59 Å². The van der Waals surface area contributed by atoms with Crippen molar-refractivity contribution in [2.45, 2.75) is 6.92 Å². The van der Waals surface area contributed by atoms with Crippen LogP contribution in [0.15, 0.2) is 39.9 Å². The third-order valence-corrected chi connectivity index (χ3v) is 1.96. The molecule has 0 fully saturated rings.